The summed E-state index contributed by atoms with van der Waals surface area (Å²) in [6.07, 6.45) is 1.87. The van der Waals surface area contributed by atoms with Crippen LogP contribution in [-0.4, -0.2) is 29.2 Å². The molecule has 0 aliphatic carbocycles. The van der Waals surface area contributed by atoms with Gasteiger partial charge in [0.25, 0.3) is 0 Å². The van der Waals surface area contributed by atoms with Crippen LogP contribution in [-0.2, 0) is 16.1 Å². The molecule has 0 spiro atoms. The van der Waals surface area contributed by atoms with E-state index in [4.69, 9.17) is 4.84 Å². The molecule has 2 unspecified atom stereocenters. The molecule has 2 aromatic rings. The highest BCUT2D eigenvalue weighted by Gasteiger charge is 2.26. The lowest BCUT2D eigenvalue weighted by molar-refractivity contribution is -0.207. The average Bonchev–Trinajstić information content (AvgIpc) is 2.63. The van der Waals surface area contributed by atoms with Crippen molar-refractivity contribution >= 4 is 5.97 Å². The Kier molecular flexibility index (Phi) is 5.62. The van der Waals surface area contributed by atoms with Gasteiger partial charge in [-0.2, -0.15) is 0 Å². The van der Waals surface area contributed by atoms with Crippen LogP contribution in [0.1, 0.15) is 30.1 Å². The highest BCUT2D eigenvalue weighted by Crippen LogP contribution is 2.22. The molecule has 0 saturated carbocycles. The van der Waals surface area contributed by atoms with Gasteiger partial charge < -0.3 is 9.94 Å². The van der Waals surface area contributed by atoms with Crippen molar-refractivity contribution in [2.75, 3.05) is 13.1 Å². The van der Waals surface area contributed by atoms with Gasteiger partial charge in [0, 0.05) is 13.1 Å². The van der Waals surface area contributed by atoms with E-state index in [0.717, 1.165) is 25.8 Å². The van der Waals surface area contributed by atoms with Crippen LogP contribution in [0.5, 0.6) is 0 Å². The van der Waals surface area contributed by atoms with E-state index in [2.05, 4.69) is 12.1 Å². The summed E-state index contributed by atoms with van der Waals surface area (Å²) in [5.74, 6) is -0.149. The van der Waals surface area contributed by atoms with Gasteiger partial charge in [-0.3, -0.25) is 0 Å². The first-order chi connectivity index (χ1) is 11.7. The SMILES string of the molecule is O=C(ON1CCCC(Cc2ccccc2)C1)C(O)c1ccccc1. The molecule has 1 aliphatic heterocycles. The first-order valence-electron chi connectivity index (χ1n) is 8.46. The molecule has 4 nitrogen and oxygen atoms in total. The fraction of sp³-hybridized carbons (Fsp3) is 0.350. The van der Waals surface area contributed by atoms with Gasteiger partial charge in [-0.25, -0.2) is 4.79 Å². The van der Waals surface area contributed by atoms with Crippen molar-refractivity contribution in [3.8, 4) is 0 Å². The standard InChI is InChI=1S/C20H23NO3/c22-19(18-11-5-2-6-12-18)20(23)24-21-13-7-10-17(15-21)14-16-8-3-1-4-9-16/h1-6,8-9,11-12,17,19,22H,7,10,13-15H2. The zero-order chi connectivity index (χ0) is 16.8. The maximum absolute atomic E-state index is 12.2. The van der Waals surface area contributed by atoms with Crippen molar-refractivity contribution in [3.05, 3.63) is 71.8 Å². The Morgan fingerprint density at radius 2 is 1.79 bits per heavy atom. The van der Waals surface area contributed by atoms with Gasteiger partial charge in [-0.1, -0.05) is 60.7 Å². The van der Waals surface area contributed by atoms with E-state index in [1.165, 1.54) is 5.56 Å². The molecule has 1 N–H and O–H groups in total. The molecule has 24 heavy (non-hydrogen) atoms. The van der Waals surface area contributed by atoms with Crippen LogP contribution in [0.3, 0.4) is 0 Å². The minimum atomic E-state index is -1.24. The molecule has 3 rings (SSSR count). The topological polar surface area (TPSA) is 49.8 Å². The predicted molar refractivity (Wildman–Crippen MR) is 91.9 cm³/mol. The van der Waals surface area contributed by atoms with Crippen molar-refractivity contribution in [1.29, 1.82) is 0 Å². The summed E-state index contributed by atoms with van der Waals surface area (Å²) >= 11 is 0. The third-order valence-electron chi connectivity index (χ3n) is 4.41. The van der Waals surface area contributed by atoms with Crippen molar-refractivity contribution in [2.45, 2.75) is 25.4 Å². The van der Waals surface area contributed by atoms with Crippen LogP contribution in [0.2, 0.25) is 0 Å². The lowest BCUT2D eigenvalue weighted by atomic mass is 9.92. The minimum absolute atomic E-state index is 0.461. The van der Waals surface area contributed by atoms with Crippen LogP contribution < -0.4 is 0 Å². The second-order valence-corrected chi connectivity index (χ2v) is 6.31. The van der Waals surface area contributed by atoms with Gasteiger partial charge in [0.05, 0.1) is 0 Å². The van der Waals surface area contributed by atoms with Crippen LogP contribution in [0.4, 0.5) is 0 Å². The number of hydrogen-bond acceptors (Lipinski definition) is 4. The number of benzene rings is 2. The van der Waals surface area contributed by atoms with E-state index in [1.54, 1.807) is 29.3 Å². The Morgan fingerprint density at radius 3 is 2.50 bits per heavy atom. The quantitative estimate of drug-likeness (QED) is 0.917. The average molecular weight is 325 g/mol. The Bertz CT molecular complexity index is 644. The number of aliphatic hydroxyl groups is 1. The number of hydrogen-bond donors (Lipinski definition) is 1. The molecule has 1 heterocycles. The molecule has 0 bridgehead atoms. The molecule has 1 aliphatic rings. The number of carbonyl (C=O) groups is 1. The number of piperidine rings is 1. The maximum atomic E-state index is 12.2. The molecule has 1 saturated heterocycles. The number of nitrogens with zero attached hydrogens (tertiary/aromatic N) is 1. The normalized spacial score (nSPS) is 19.6. The summed E-state index contributed by atoms with van der Waals surface area (Å²) < 4.78 is 0. The van der Waals surface area contributed by atoms with Crippen LogP contribution >= 0.6 is 0 Å². The highest BCUT2D eigenvalue weighted by atomic mass is 16.7. The molecule has 0 amide bonds. The van der Waals surface area contributed by atoms with Crippen LogP contribution in [0.15, 0.2) is 60.7 Å². The maximum Gasteiger partial charge on any atom is 0.358 e. The summed E-state index contributed by atoms with van der Waals surface area (Å²) in [5.41, 5.74) is 1.86. The second-order valence-electron chi connectivity index (χ2n) is 6.31. The fourth-order valence-electron chi connectivity index (χ4n) is 3.17. The molecule has 2 atom stereocenters. The molecule has 2 aromatic carbocycles. The lowest BCUT2D eigenvalue weighted by Gasteiger charge is -2.31. The Balaban J connectivity index is 1.54. The Labute approximate surface area is 142 Å². The predicted octanol–water partition coefficient (Wildman–Crippen LogP) is 3.13. The van der Waals surface area contributed by atoms with Gasteiger partial charge in [0.15, 0.2) is 6.10 Å². The van der Waals surface area contributed by atoms with Gasteiger partial charge in [0.1, 0.15) is 0 Å². The molecule has 4 heteroatoms. The first kappa shape index (κ1) is 16.7. The molecular formula is C20H23NO3. The molecule has 126 valence electrons. The monoisotopic (exact) mass is 325 g/mol. The molecule has 0 aromatic heterocycles. The van der Waals surface area contributed by atoms with Gasteiger partial charge in [-0.15, -0.1) is 5.06 Å². The van der Waals surface area contributed by atoms with Crippen molar-refractivity contribution in [1.82, 2.24) is 5.06 Å². The number of carbonyl (C=O) groups excluding carboxylic acids is 1. The highest BCUT2D eigenvalue weighted by molar-refractivity contribution is 5.75. The van der Waals surface area contributed by atoms with Gasteiger partial charge >= 0.3 is 5.97 Å². The molecular weight excluding hydrogens is 302 g/mol. The summed E-state index contributed by atoms with van der Waals surface area (Å²) in [5, 5.41) is 11.8. The minimum Gasteiger partial charge on any atom is -0.377 e. The summed E-state index contributed by atoms with van der Waals surface area (Å²) in [4.78, 5) is 17.6. The summed E-state index contributed by atoms with van der Waals surface area (Å²) in [7, 11) is 0. The summed E-state index contributed by atoms with van der Waals surface area (Å²) in [6, 6.07) is 19.3. The molecule has 0 radical (unpaired) electrons. The van der Waals surface area contributed by atoms with Crippen LogP contribution in [0.25, 0.3) is 0 Å². The van der Waals surface area contributed by atoms with E-state index in [1.807, 2.05) is 24.3 Å². The second kappa shape index (κ2) is 8.08. The zero-order valence-corrected chi connectivity index (χ0v) is 13.7. The van der Waals surface area contributed by atoms with Gasteiger partial charge in [-0.05, 0) is 36.3 Å². The number of rotatable bonds is 5. The zero-order valence-electron chi connectivity index (χ0n) is 13.7. The Morgan fingerprint density at radius 1 is 1.12 bits per heavy atom. The van der Waals surface area contributed by atoms with Crippen LogP contribution in [0, 0.1) is 5.92 Å². The lowest BCUT2D eigenvalue weighted by Crippen LogP contribution is -2.39. The number of hydroxylamine groups is 2. The third-order valence-corrected chi connectivity index (χ3v) is 4.41. The van der Waals surface area contributed by atoms with E-state index < -0.39 is 12.1 Å². The van der Waals surface area contributed by atoms with E-state index in [-0.39, 0.29) is 0 Å². The third kappa shape index (κ3) is 4.43. The van der Waals surface area contributed by atoms with E-state index in [0.29, 0.717) is 18.0 Å². The van der Waals surface area contributed by atoms with Crippen molar-refractivity contribution in [3.63, 3.8) is 0 Å². The largest absolute Gasteiger partial charge is 0.377 e. The Hall–Kier alpha value is -2.17. The van der Waals surface area contributed by atoms with Crippen molar-refractivity contribution < 1.29 is 14.7 Å². The summed E-state index contributed by atoms with van der Waals surface area (Å²) in [6.45, 7) is 1.43. The smallest absolute Gasteiger partial charge is 0.358 e. The van der Waals surface area contributed by atoms with E-state index in [9.17, 15) is 9.90 Å². The van der Waals surface area contributed by atoms with E-state index >= 15 is 0 Å². The first-order valence-corrected chi connectivity index (χ1v) is 8.46. The molecule has 1 fully saturated rings. The van der Waals surface area contributed by atoms with Gasteiger partial charge in [0.2, 0.25) is 0 Å². The fourth-order valence-corrected chi connectivity index (χ4v) is 3.17. The van der Waals surface area contributed by atoms with Crippen molar-refractivity contribution in [2.24, 2.45) is 5.92 Å². The number of aliphatic hydroxyl groups excluding tert-OH is 1.